The third kappa shape index (κ3) is 2.64. The standard InChI is InChI=1S/C12H16N4S/c1-17-11-4-2-3-10(11)16-12-9(14)5-8(6-13)7-15-12/h5,7,10-11H,2-4,14H2,1H3,(H,15,16). The van der Waals surface area contributed by atoms with Crippen molar-refractivity contribution in [2.24, 2.45) is 0 Å². The molecule has 2 rings (SSSR count). The van der Waals surface area contributed by atoms with Gasteiger partial charge in [0.1, 0.15) is 11.9 Å². The van der Waals surface area contributed by atoms with Gasteiger partial charge in [0.25, 0.3) is 0 Å². The highest BCUT2D eigenvalue weighted by Crippen LogP contribution is 2.31. The summed E-state index contributed by atoms with van der Waals surface area (Å²) in [6.07, 6.45) is 7.35. The second-order valence-electron chi connectivity index (χ2n) is 4.23. The third-order valence-corrected chi connectivity index (χ3v) is 4.29. The Labute approximate surface area is 106 Å². The van der Waals surface area contributed by atoms with Gasteiger partial charge in [-0.3, -0.25) is 0 Å². The fourth-order valence-corrected chi connectivity index (χ4v) is 3.15. The minimum atomic E-state index is 0.438. The number of nitriles is 1. The molecule has 1 aliphatic carbocycles. The van der Waals surface area contributed by atoms with Crippen molar-refractivity contribution in [2.75, 3.05) is 17.3 Å². The van der Waals surface area contributed by atoms with Crippen LogP contribution in [-0.2, 0) is 0 Å². The van der Waals surface area contributed by atoms with E-state index in [-0.39, 0.29) is 0 Å². The number of rotatable bonds is 3. The average molecular weight is 248 g/mol. The van der Waals surface area contributed by atoms with Crippen LogP contribution in [-0.4, -0.2) is 22.5 Å². The minimum absolute atomic E-state index is 0.438. The molecule has 0 aliphatic heterocycles. The molecule has 4 nitrogen and oxygen atoms in total. The number of hydrogen-bond acceptors (Lipinski definition) is 5. The zero-order chi connectivity index (χ0) is 12.3. The monoisotopic (exact) mass is 248 g/mol. The van der Waals surface area contributed by atoms with Crippen molar-refractivity contribution in [1.82, 2.24) is 4.98 Å². The SMILES string of the molecule is CSC1CCCC1Nc1ncc(C#N)cc1N. The summed E-state index contributed by atoms with van der Waals surface area (Å²) in [5, 5.41) is 12.8. The summed E-state index contributed by atoms with van der Waals surface area (Å²) in [4.78, 5) is 4.21. The molecule has 2 atom stereocenters. The lowest BCUT2D eigenvalue weighted by Gasteiger charge is -2.20. The number of nitrogens with one attached hydrogen (secondary N) is 1. The van der Waals surface area contributed by atoms with Crippen molar-refractivity contribution in [3.8, 4) is 6.07 Å². The van der Waals surface area contributed by atoms with E-state index in [9.17, 15) is 0 Å². The molecule has 0 saturated heterocycles. The largest absolute Gasteiger partial charge is 0.396 e. The van der Waals surface area contributed by atoms with Crippen molar-refractivity contribution < 1.29 is 0 Å². The van der Waals surface area contributed by atoms with Gasteiger partial charge >= 0.3 is 0 Å². The Morgan fingerprint density at radius 2 is 2.41 bits per heavy atom. The lowest BCUT2D eigenvalue weighted by atomic mass is 10.2. The quantitative estimate of drug-likeness (QED) is 0.858. The molecular formula is C12H16N4S. The van der Waals surface area contributed by atoms with E-state index in [0.29, 0.717) is 28.4 Å². The van der Waals surface area contributed by atoms with Crippen molar-refractivity contribution in [3.05, 3.63) is 17.8 Å². The minimum Gasteiger partial charge on any atom is -0.396 e. The van der Waals surface area contributed by atoms with E-state index < -0.39 is 0 Å². The molecule has 1 saturated carbocycles. The van der Waals surface area contributed by atoms with E-state index in [0.717, 1.165) is 6.42 Å². The van der Waals surface area contributed by atoms with Crippen LogP contribution < -0.4 is 11.1 Å². The number of anilines is 2. The first kappa shape index (κ1) is 12.1. The molecule has 1 aromatic heterocycles. The van der Waals surface area contributed by atoms with Gasteiger partial charge in [0.05, 0.1) is 11.3 Å². The van der Waals surface area contributed by atoms with E-state index in [1.807, 2.05) is 17.8 Å². The highest BCUT2D eigenvalue weighted by Gasteiger charge is 2.26. The van der Waals surface area contributed by atoms with Gasteiger partial charge < -0.3 is 11.1 Å². The maximum absolute atomic E-state index is 8.75. The average Bonchev–Trinajstić information content (AvgIpc) is 2.79. The molecule has 0 radical (unpaired) electrons. The van der Waals surface area contributed by atoms with Gasteiger partial charge in [0, 0.05) is 17.5 Å². The Bertz CT molecular complexity index is 441. The predicted octanol–water partition coefficient (Wildman–Crippen LogP) is 2.23. The first-order chi connectivity index (χ1) is 8.24. The lowest BCUT2D eigenvalue weighted by molar-refractivity contribution is 0.764. The van der Waals surface area contributed by atoms with Gasteiger partial charge in [-0.2, -0.15) is 17.0 Å². The fourth-order valence-electron chi connectivity index (χ4n) is 2.21. The molecule has 3 N–H and O–H groups in total. The van der Waals surface area contributed by atoms with Crippen molar-refractivity contribution in [1.29, 1.82) is 5.26 Å². The Kier molecular flexibility index (Phi) is 3.75. The predicted molar refractivity (Wildman–Crippen MR) is 71.9 cm³/mol. The lowest BCUT2D eigenvalue weighted by Crippen LogP contribution is -2.26. The zero-order valence-electron chi connectivity index (χ0n) is 9.81. The highest BCUT2D eigenvalue weighted by atomic mass is 32.2. The summed E-state index contributed by atoms with van der Waals surface area (Å²) in [5.74, 6) is 0.704. The Morgan fingerprint density at radius 1 is 1.59 bits per heavy atom. The van der Waals surface area contributed by atoms with Crippen LogP contribution in [0.4, 0.5) is 11.5 Å². The van der Waals surface area contributed by atoms with Crippen molar-refractivity contribution >= 4 is 23.3 Å². The number of thioether (sulfide) groups is 1. The normalized spacial score (nSPS) is 23.3. The number of aromatic nitrogens is 1. The maximum Gasteiger partial charge on any atom is 0.149 e. The number of nitrogens with zero attached hydrogens (tertiary/aromatic N) is 2. The van der Waals surface area contributed by atoms with Gasteiger partial charge in [0.15, 0.2) is 0 Å². The second kappa shape index (κ2) is 5.28. The Balaban J connectivity index is 2.11. The second-order valence-corrected chi connectivity index (χ2v) is 5.31. The molecule has 0 bridgehead atoms. The van der Waals surface area contributed by atoms with Crippen LogP contribution >= 0.6 is 11.8 Å². The molecule has 0 aromatic carbocycles. The topological polar surface area (TPSA) is 74.7 Å². The maximum atomic E-state index is 8.75. The summed E-state index contributed by atoms with van der Waals surface area (Å²) in [7, 11) is 0. The number of nitrogens with two attached hydrogens (primary N) is 1. The van der Waals surface area contributed by atoms with Gasteiger partial charge in [-0.15, -0.1) is 0 Å². The first-order valence-corrected chi connectivity index (χ1v) is 6.98. The summed E-state index contributed by atoms with van der Waals surface area (Å²) < 4.78 is 0. The summed E-state index contributed by atoms with van der Waals surface area (Å²) >= 11 is 1.89. The fraction of sp³-hybridized carbons (Fsp3) is 0.500. The number of pyridine rings is 1. The smallest absolute Gasteiger partial charge is 0.149 e. The summed E-state index contributed by atoms with van der Waals surface area (Å²) in [6.45, 7) is 0. The molecule has 5 heteroatoms. The van der Waals surface area contributed by atoms with Gasteiger partial charge in [-0.25, -0.2) is 4.98 Å². The van der Waals surface area contributed by atoms with E-state index in [2.05, 4.69) is 16.6 Å². The molecular weight excluding hydrogens is 232 g/mol. The number of hydrogen-bond donors (Lipinski definition) is 2. The number of nitrogen functional groups attached to an aromatic ring is 1. The van der Waals surface area contributed by atoms with Crippen LogP contribution in [0.5, 0.6) is 0 Å². The Morgan fingerprint density at radius 3 is 3.06 bits per heavy atom. The van der Waals surface area contributed by atoms with E-state index >= 15 is 0 Å². The van der Waals surface area contributed by atoms with Gasteiger partial charge in [-0.1, -0.05) is 6.42 Å². The Hall–Kier alpha value is -1.41. The van der Waals surface area contributed by atoms with Gasteiger partial charge in [-0.05, 0) is 25.2 Å². The van der Waals surface area contributed by atoms with Crippen LogP contribution in [0.2, 0.25) is 0 Å². The van der Waals surface area contributed by atoms with Gasteiger partial charge in [0.2, 0.25) is 0 Å². The molecule has 90 valence electrons. The molecule has 2 unspecified atom stereocenters. The van der Waals surface area contributed by atoms with Crippen LogP contribution in [0.25, 0.3) is 0 Å². The molecule has 0 spiro atoms. The van der Waals surface area contributed by atoms with Crippen LogP contribution in [0.3, 0.4) is 0 Å². The van der Waals surface area contributed by atoms with Crippen LogP contribution in [0, 0.1) is 11.3 Å². The van der Waals surface area contributed by atoms with Crippen LogP contribution in [0.1, 0.15) is 24.8 Å². The molecule has 1 aliphatic rings. The zero-order valence-corrected chi connectivity index (χ0v) is 10.6. The van der Waals surface area contributed by atoms with E-state index in [1.165, 1.54) is 12.8 Å². The summed E-state index contributed by atoms with van der Waals surface area (Å²) in [6, 6.07) is 4.14. The van der Waals surface area contributed by atoms with Crippen LogP contribution in [0.15, 0.2) is 12.3 Å². The molecule has 1 aromatic rings. The highest BCUT2D eigenvalue weighted by molar-refractivity contribution is 7.99. The van der Waals surface area contributed by atoms with Crippen molar-refractivity contribution in [2.45, 2.75) is 30.6 Å². The summed E-state index contributed by atoms with van der Waals surface area (Å²) in [5.41, 5.74) is 6.93. The third-order valence-electron chi connectivity index (χ3n) is 3.12. The van der Waals surface area contributed by atoms with E-state index in [4.69, 9.17) is 11.0 Å². The molecule has 17 heavy (non-hydrogen) atoms. The molecule has 1 fully saturated rings. The first-order valence-electron chi connectivity index (χ1n) is 5.69. The van der Waals surface area contributed by atoms with Crippen molar-refractivity contribution in [3.63, 3.8) is 0 Å². The molecule has 0 amide bonds. The molecule has 1 heterocycles. The van der Waals surface area contributed by atoms with E-state index in [1.54, 1.807) is 12.3 Å².